The second-order valence-corrected chi connectivity index (χ2v) is 10.8. The molecule has 0 spiro atoms. The number of nitrogens with one attached hydrogen (secondary N) is 4. The van der Waals surface area contributed by atoms with Gasteiger partial charge in [-0.1, -0.05) is 36.4 Å². The van der Waals surface area contributed by atoms with Crippen LogP contribution in [0.2, 0.25) is 0 Å². The van der Waals surface area contributed by atoms with E-state index in [9.17, 15) is 19.2 Å². The first kappa shape index (κ1) is 28.6. The summed E-state index contributed by atoms with van der Waals surface area (Å²) in [6, 6.07) is 13.9. The molecule has 4 amide bonds. The molecule has 224 valence electrons. The van der Waals surface area contributed by atoms with Gasteiger partial charge >= 0.3 is 0 Å². The third-order valence-corrected chi connectivity index (χ3v) is 7.95. The van der Waals surface area contributed by atoms with Crippen LogP contribution < -0.4 is 10.6 Å². The van der Waals surface area contributed by atoms with Gasteiger partial charge < -0.3 is 20.4 Å². The SMILES string of the molecule is O=C(Nc1ccc(/C=C/c2ccc(NC(=O)[C@@H]3CCCN3C(=O)c3cn[nH]c3)cc2)cc1)[C@@H]1CCCN1C(=O)c1cn[nH]c1. The van der Waals surface area contributed by atoms with Crippen LogP contribution in [0, 0.1) is 0 Å². The van der Waals surface area contributed by atoms with Crippen molar-refractivity contribution >= 4 is 47.2 Å². The van der Waals surface area contributed by atoms with E-state index in [4.69, 9.17) is 0 Å². The fourth-order valence-electron chi connectivity index (χ4n) is 5.63. The molecule has 0 bridgehead atoms. The third-order valence-electron chi connectivity index (χ3n) is 7.95. The number of benzene rings is 2. The number of amides is 4. The summed E-state index contributed by atoms with van der Waals surface area (Å²) in [6.07, 6.45) is 12.7. The maximum absolute atomic E-state index is 13.0. The minimum absolute atomic E-state index is 0.203. The Bertz CT molecular complexity index is 1520. The molecule has 0 aliphatic carbocycles. The van der Waals surface area contributed by atoms with Crippen LogP contribution in [0.15, 0.2) is 73.3 Å². The van der Waals surface area contributed by atoms with Gasteiger partial charge in [-0.2, -0.15) is 10.2 Å². The van der Waals surface area contributed by atoms with Gasteiger partial charge in [0.05, 0.1) is 23.5 Å². The van der Waals surface area contributed by atoms with Gasteiger partial charge in [-0.3, -0.25) is 29.4 Å². The molecule has 4 N–H and O–H groups in total. The van der Waals surface area contributed by atoms with Crippen molar-refractivity contribution in [1.29, 1.82) is 0 Å². The zero-order valence-corrected chi connectivity index (χ0v) is 23.9. The van der Waals surface area contributed by atoms with Crippen molar-refractivity contribution < 1.29 is 19.2 Å². The molecular formula is C32H32N8O4. The Morgan fingerprint density at radius 2 is 1.07 bits per heavy atom. The number of H-pyrrole nitrogens is 2. The summed E-state index contributed by atoms with van der Waals surface area (Å²) in [5.74, 6) is -0.823. The molecule has 2 fully saturated rings. The second-order valence-electron chi connectivity index (χ2n) is 10.8. The monoisotopic (exact) mass is 592 g/mol. The van der Waals surface area contributed by atoms with Crippen molar-refractivity contribution in [2.45, 2.75) is 37.8 Å². The van der Waals surface area contributed by atoms with Crippen LogP contribution in [-0.2, 0) is 9.59 Å². The van der Waals surface area contributed by atoms with E-state index in [1.807, 2.05) is 60.7 Å². The normalized spacial score (nSPS) is 18.1. The minimum Gasteiger partial charge on any atom is -0.327 e. The maximum Gasteiger partial charge on any atom is 0.257 e. The lowest BCUT2D eigenvalue weighted by Gasteiger charge is -2.23. The zero-order valence-electron chi connectivity index (χ0n) is 23.9. The molecule has 2 aliphatic rings. The van der Waals surface area contributed by atoms with Gasteiger partial charge in [-0.05, 0) is 61.1 Å². The Hall–Kier alpha value is -5.52. The van der Waals surface area contributed by atoms with Gasteiger partial charge in [-0.15, -0.1) is 0 Å². The highest BCUT2D eigenvalue weighted by atomic mass is 16.2. The molecule has 0 saturated carbocycles. The van der Waals surface area contributed by atoms with Crippen LogP contribution >= 0.6 is 0 Å². The summed E-state index contributed by atoms with van der Waals surface area (Å²) in [6.45, 7) is 1.07. The molecule has 0 unspecified atom stereocenters. The number of aromatic amines is 2. The Kier molecular flexibility index (Phi) is 8.30. The summed E-state index contributed by atoms with van der Waals surface area (Å²) in [4.78, 5) is 54.6. The van der Waals surface area contributed by atoms with E-state index in [0.29, 0.717) is 48.4 Å². The summed E-state index contributed by atoms with van der Waals surface area (Å²) < 4.78 is 0. The zero-order chi connectivity index (χ0) is 30.5. The summed E-state index contributed by atoms with van der Waals surface area (Å²) in [5, 5.41) is 18.8. The smallest absolute Gasteiger partial charge is 0.257 e. The molecular weight excluding hydrogens is 560 g/mol. The Morgan fingerprint density at radius 3 is 1.43 bits per heavy atom. The van der Waals surface area contributed by atoms with Gasteiger partial charge in [0.2, 0.25) is 11.8 Å². The molecule has 0 radical (unpaired) electrons. The minimum atomic E-state index is -0.522. The molecule has 2 aromatic heterocycles. The second kappa shape index (κ2) is 12.8. The molecule has 44 heavy (non-hydrogen) atoms. The number of hydrogen-bond donors (Lipinski definition) is 4. The van der Waals surface area contributed by atoms with Gasteiger partial charge in [0.15, 0.2) is 0 Å². The van der Waals surface area contributed by atoms with E-state index in [-0.39, 0.29) is 23.6 Å². The number of rotatable bonds is 8. The summed E-state index contributed by atoms with van der Waals surface area (Å²) >= 11 is 0. The topological polar surface area (TPSA) is 156 Å². The van der Waals surface area contributed by atoms with Crippen molar-refractivity contribution in [2.24, 2.45) is 0 Å². The molecule has 12 nitrogen and oxygen atoms in total. The lowest BCUT2D eigenvalue weighted by atomic mass is 10.1. The number of aromatic nitrogens is 4. The van der Waals surface area contributed by atoms with Gasteiger partial charge in [0.25, 0.3) is 11.8 Å². The average molecular weight is 593 g/mol. The van der Waals surface area contributed by atoms with E-state index in [2.05, 4.69) is 31.0 Å². The predicted molar refractivity (Wildman–Crippen MR) is 164 cm³/mol. The first-order chi connectivity index (χ1) is 21.5. The third kappa shape index (κ3) is 6.28. The maximum atomic E-state index is 13.0. The number of carbonyl (C=O) groups is 4. The Morgan fingerprint density at radius 1 is 0.659 bits per heavy atom. The lowest BCUT2D eigenvalue weighted by Crippen LogP contribution is -2.43. The summed E-state index contributed by atoms with van der Waals surface area (Å²) in [5.41, 5.74) is 4.08. The van der Waals surface area contributed by atoms with Crippen molar-refractivity contribution in [2.75, 3.05) is 23.7 Å². The largest absolute Gasteiger partial charge is 0.327 e. The van der Waals surface area contributed by atoms with Crippen LogP contribution in [0.3, 0.4) is 0 Å². The van der Waals surface area contributed by atoms with Crippen molar-refractivity contribution in [3.05, 3.63) is 95.6 Å². The molecule has 2 atom stereocenters. The molecule has 2 aliphatic heterocycles. The highest BCUT2D eigenvalue weighted by molar-refractivity contribution is 6.02. The first-order valence-corrected chi connectivity index (χ1v) is 14.6. The van der Waals surface area contributed by atoms with E-state index in [1.54, 1.807) is 9.80 Å². The number of nitrogens with zero attached hydrogens (tertiary/aromatic N) is 4. The van der Waals surface area contributed by atoms with Gasteiger partial charge in [0, 0.05) is 36.9 Å². The Labute approximate surface area is 253 Å². The highest BCUT2D eigenvalue weighted by Crippen LogP contribution is 2.24. The van der Waals surface area contributed by atoms with E-state index >= 15 is 0 Å². The lowest BCUT2D eigenvalue weighted by molar-refractivity contribution is -0.120. The molecule has 2 aromatic carbocycles. The van der Waals surface area contributed by atoms with Gasteiger partial charge in [-0.25, -0.2) is 0 Å². The van der Waals surface area contributed by atoms with Crippen molar-refractivity contribution in [3.8, 4) is 0 Å². The fourth-order valence-corrected chi connectivity index (χ4v) is 5.63. The van der Waals surface area contributed by atoms with Crippen LogP contribution in [0.25, 0.3) is 12.2 Å². The van der Waals surface area contributed by atoms with Crippen LogP contribution in [0.1, 0.15) is 57.5 Å². The molecule has 2 saturated heterocycles. The van der Waals surface area contributed by atoms with Gasteiger partial charge in [0.1, 0.15) is 12.1 Å². The van der Waals surface area contributed by atoms with Crippen LogP contribution in [0.5, 0.6) is 0 Å². The fraction of sp³-hybridized carbons (Fsp3) is 0.250. The van der Waals surface area contributed by atoms with E-state index in [1.165, 1.54) is 24.8 Å². The van der Waals surface area contributed by atoms with Crippen LogP contribution in [-0.4, -0.2) is 79.0 Å². The van der Waals surface area contributed by atoms with Crippen molar-refractivity contribution in [1.82, 2.24) is 30.2 Å². The number of carbonyl (C=O) groups excluding carboxylic acids is 4. The number of likely N-dealkylation sites (tertiary alicyclic amines) is 2. The Balaban J connectivity index is 1.01. The highest BCUT2D eigenvalue weighted by Gasteiger charge is 2.36. The molecule has 4 heterocycles. The van der Waals surface area contributed by atoms with E-state index < -0.39 is 12.1 Å². The molecule has 12 heteroatoms. The first-order valence-electron chi connectivity index (χ1n) is 14.6. The van der Waals surface area contributed by atoms with E-state index in [0.717, 1.165) is 24.0 Å². The van der Waals surface area contributed by atoms with Crippen molar-refractivity contribution in [3.63, 3.8) is 0 Å². The van der Waals surface area contributed by atoms with Crippen LogP contribution in [0.4, 0.5) is 11.4 Å². The summed E-state index contributed by atoms with van der Waals surface area (Å²) in [7, 11) is 0. The quantitative estimate of drug-likeness (QED) is 0.228. The number of anilines is 2. The number of hydrogen-bond acceptors (Lipinski definition) is 6. The average Bonchev–Trinajstić information content (AvgIpc) is 3.88. The standard InChI is InChI=1S/C32H32N8O4/c41-29(27-3-1-15-39(27)31(43)23-17-33-34-18-23)37-25-11-7-21(8-12-25)5-6-22-9-13-26(14-10-22)38-30(42)28-4-2-16-40(28)32(44)24-19-35-36-20-24/h5-14,17-20,27-28H,1-4,15-16H2,(H,33,34)(H,35,36)(H,37,41)(H,38,42)/b6-5+/t27-,28-/m0/s1. The predicted octanol–water partition coefficient (Wildman–Crippen LogP) is 3.79. The molecule has 6 rings (SSSR count). The molecule has 4 aromatic rings.